The molecule has 1 fully saturated rings. The van der Waals surface area contributed by atoms with E-state index in [4.69, 9.17) is 20.2 Å². The highest BCUT2D eigenvalue weighted by Gasteiger charge is 2.16. The highest BCUT2D eigenvalue weighted by molar-refractivity contribution is 8.13. The first kappa shape index (κ1) is 12.7. The quantitative estimate of drug-likeness (QED) is 0.796. The number of hydrogen-bond donors (Lipinski definition) is 0. The second-order valence-corrected chi connectivity index (χ2v) is 6.39. The predicted molar refractivity (Wildman–Crippen MR) is 63.7 cm³/mol. The molecule has 6 heteroatoms. The van der Waals surface area contributed by atoms with E-state index in [2.05, 4.69) is 0 Å². The molecule has 1 aliphatic rings. The molecule has 4 nitrogen and oxygen atoms in total. The Kier molecular flexibility index (Phi) is 3.91. The van der Waals surface area contributed by atoms with Crippen LogP contribution < -0.4 is 4.74 Å². The van der Waals surface area contributed by atoms with Crippen LogP contribution in [0.4, 0.5) is 0 Å². The van der Waals surface area contributed by atoms with Crippen LogP contribution in [-0.4, -0.2) is 21.3 Å². The van der Waals surface area contributed by atoms with Crippen LogP contribution in [0.1, 0.15) is 19.3 Å². The number of halogens is 1. The summed E-state index contributed by atoms with van der Waals surface area (Å²) in [5.74, 6) is 0.457. The summed E-state index contributed by atoms with van der Waals surface area (Å²) in [6.45, 7) is 0.679. The van der Waals surface area contributed by atoms with Gasteiger partial charge in [0.1, 0.15) is 5.75 Å². The summed E-state index contributed by atoms with van der Waals surface area (Å²) < 4.78 is 33.3. The summed E-state index contributed by atoms with van der Waals surface area (Å²) >= 11 is 0. The zero-order valence-electron chi connectivity index (χ0n) is 9.13. The van der Waals surface area contributed by atoms with Crippen LogP contribution in [-0.2, 0) is 13.8 Å². The number of ether oxygens (including phenoxy) is 2. The molecule has 1 saturated heterocycles. The molecule has 0 aromatic heterocycles. The lowest BCUT2D eigenvalue weighted by molar-refractivity contribution is -0.106. The number of benzene rings is 1. The molecule has 1 heterocycles. The fraction of sp³-hybridized carbons (Fsp3) is 0.455. The SMILES string of the molecule is O=S(=O)(Cl)c1cccc(O[C@@H]2CCCCO2)c1. The molecule has 1 aromatic carbocycles. The van der Waals surface area contributed by atoms with E-state index in [-0.39, 0.29) is 11.2 Å². The van der Waals surface area contributed by atoms with Gasteiger partial charge in [0.05, 0.1) is 11.5 Å². The maximum atomic E-state index is 11.2. The summed E-state index contributed by atoms with van der Waals surface area (Å²) in [5.41, 5.74) is 0. The standard InChI is InChI=1S/C11H13ClO4S/c12-17(13,14)10-5-3-4-9(8-10)16-11-6-1-2-7-15-11/h3-5,8,11H,1-2,6-7H2/t11-/m1/s1. The van der Waals surface area contributed by atoms with Gasteiger partial charge in [-0.25, -0.2) is 8.42 Å². The lowest BCUT2D eigenvalue weighted by Gasteiger charge is -2.23. The van der Waals surface area contributed by atoms with Gasteiger partial charge in [0.15, 0.2) is 6.29 Å². The van der Waals surface area contributed by atoms with Crippen molar-refractivity contribution in [3.8, 4) is 5.75 Å². The van der Waals surface area contributed by atoms with E-state index in [9.17, 15) is 8.42 Å². The van der Waals surface area contributed by atoms with E-state index in [1.54, 1.807) is 12.1 Å². The first-order chi connectivity index (χ1) is 8.05. The van der Waals surface area contributed by atoms with Crippen LogP contribution in [0.25, 0.3) is 0 Å². The van der Waals surface area contributed by atoms with Crippen molar-refractivity contribution in [1.29, 1.82) is 0 Å². The van der Waals surface area contributed by atoms with Gasteiger partial charge >= 0.3 is 0 Å². The van der Waals surface area contributed by atoms with Crippen molar-refractivity contribution >= 4 is 19.7 Å². The molecule has 0 radical (unpaired) electrons. The minimum Gasteiger partial charge on any atom is -0.465 e. The molecule has 1 aliphatic heterocycles. The third-order valence-corrected chi connectivity index (χ3v) is 3.84. The average Bonchev–Trinajstić information content (AvgIpc) is 2.29. The van der Waals surface area contributed by atoms with Gasteiger partial charge in [0.25, 0.3) is 9.05 Å². The molecule has 0 saturated carbocycles. The van der Waals surface area contributed by atoms with Gasteiger partial charge in [0.2, 0.25) is 0 Å². The normalized spacial score (nSPS) is 21.1. The molecule has 0 N–H and O–H groups in total. The van der Waals surface area contributed by atoms with Gasteiger partial charge in [-0.1, -0.05) is 6.07 Å². The van der Waals surface area contributed by atoms with Crippen LogP contribution in [0.2, 0.25) is 0 Å². The number of hydrogen-bond acceptors (Lipinski definition) is 4. The first-order valence-corrected chi connectivity index (χ1v) is 7.69. The van der Waals surface area contributed by atoms with Crippen LogP contribution in [0.5, 0.6) is 5.75 Å². The molecule has 0 unspecified atom stereocenters. The highest BCUT2D eigenvalue weighted by Crippen LogP contribution is 2.23. The summed E-state index contributed by atoms with van der Waals surface area (Å²) in [7, 11) is 1.54. The van der Waals surface area contributed by atoms with Crippen LogP contribution in [0, 0.1) is 0 Å². The van der Waals surface area contributed by atoms with Crippen molar-refractivity contribution in [2.75, 3.05) is 6.61 Å². The maximum absolute atomic E-state index is 11.2. The smallest absolute Gasteiger partial charge is 0.261 e. The minimum atomic E-state index is -3.71. The van der Waals surface area contributed by atoms with Crippen LogP contribution in [0.15, 0.2) is 29.2 Å². The molecule has 1 atom stereocenters. The van der Waals surface area contributed by atoms with Crippen LogP contribution in [0.3, 0.4) is 0 Å². The topological polar surface area (TPSA) is 52.6 Å². The Bertz CT molecular complexity index is 480. The highest BCUT2D eigenvalue weighted by atomic mass is 35.7. The fourth-order valence-corrected chi connectivity index (χ4v) is 2.44. The Hall–Kier alpha value is -0.780. The molecular formula is C11H13ClO4S. The summed E-state index contributed by atoms with van der Waals surface area (Å²) in [5, 5.41) is 0. The van der Waals surface area contributed by atoms with Crippen molar-refractivity contribution in [1.82, 2.24) is 0 Å². The Labute approximate surface area is 105 Å². The molecular weight excluding hydrogens is 264 g/mol. The number of rotatable bonds is 3. The molecule has 2 rings (SSSR count). The van der Waals surface area contributed by atoms with E-state index in [1.807, 2.05) is 0 Å². The Morgan fingerprint density at radius 3 is 2.82 bits per heavy atom. The zero-order chi connectivity index (χ0) is 12.3. The molecule has 0 amide bonds. The Morgan fingerprint density at radius 2 is 2.18 bits per heavy atom. The Balaban J connectivity index is 2.11. The van der Waals surface area contributed by atoms with Gasteiger partial charge in [-0.2, -0.15) is 0 Å². The molecule has 17 heavy (non-hydrogen) atoms. The lowest BCUT2D eigenvalue weighted by Crippen LogP contribution is -2.24. The molecule has 0 bridgehead atoms. The molecule has 94 valence electrons. The fourth-order valence-electron chi connectivity index (χ4n) is 1.66. The maximum Gasteiger partial charge on any atom is 0.261 e. The summed E-state index contributed by atoms with van der Waals surface area (Å²) in [6.07, 6.45) is 2.61. The molecule has 1 aromatic rings. The largest absolute Gasteiger partial charge is 0.465 e. The van der Waals surface area contributed by atoms with Crippen molar-refractivity contribution < 1.29 is 17.9 Å². The minimum absolute atomic E-state index is 0.0347. The van der Waals surface area contributed by atoms with Crippen molar-refractivity contribution in [2.45, 2.75) is 30.4 Å². The second-order valence-electron chi connectivity index (χ2n) is 3.83. The summed E-state index contributed by atoms with van der Waals surface area (Å²) in [6, 6.07) is 6.11. The van der Waals surface area contributed by atoms with Crippen molar-refractivity contribution in [3.05, 3.63) is 24.3 Å². The molecule has 0 aliphatic carbocycles. The van der Waals surface area contributed by atoms with Gasteiger partial charge < -0.3 is 9.47 Å². The monoisotopic (exact) mass is 276 g/mol. The van der Waals surface area contributed by atoms with E-state index in [0.717, 1.165) is 19.3 Å². The lowest BCUT2D eigenvalue weighted by atomic mass is 10.2. The van der Waals surface area contributed by atoms with E-state index in [0.29, 0.717) is 12.4 Å². The zero-order valence-corrected chi connectivity index (χ0v) is 10.7. The van der Waals surface area contributed by atoms with Gasteiger partial charge in [-0.05, 0) is 25.0 Å². The third kappa shape index (κ3) is 3.59. The van der Waals surface area contributed by atoms with Gasteiger partial charge in [0, 0.05) is 23.2 Å². The van der Waals surface area contributed by atoms with E-state index < -0.39 is 9.05 Å². The second kappa shape index (κ2) is 5.25. The third-order valence-electron chi connectivity index (χ3n) is 2.49. The Morgan fingerprint density at radius 1 is 1.35 bits per heavy atom. The average molecular weight is 277 g/mol. The van der Waals surface area contributed by atoms with Gasteiger partial charge in [-0.15, -0.1) is 0 Å². The van der Waals surface area contributed by atoms with Crippen molar-refractivity contribution in [2.24, 2.45) is 0 Å². The van der Waals surface area contributed by atoms with E-state index >= 15 is 0 Å². The van der Waals surface area contributed by atoms with Crippen LogP contribution >= 0.6 is 10.7 Å². The first-order valence-electron chi connectivity index (χ1n) is 5.39. The molecule has 0 spiro atoms. The van der Waals surface area contributed by atoms with Crippen molar-refractivity contribution in [3.63, 3.8) is 0 Å². The summed E-state index contributed by atoms with van der Waals surface area (Å²) in [4.78, 5) is 0.0347. The predicted octanol–water partition coefficient (Wildman–Crippen LogP) is 2.52. The van der Waals surface area contributed by atoms with E-state index in [1.165, 1.54) is 12.1 Å². The van der Waals surface area contributed by atoms with Gasteiger partial charge in [-0.3, -0.25) is 0 Å².